The molecule has 1 unspecified atom stereocenters. The summed E-state index contributed by atoms with van der Waals surface area (Å²) in [5.74, 6) is -1.56. The standard InChI is InChI=1S/C17H16ClNO5S/c1-25(23,24)14-8-4-12(5-9-14)17(22)19-15(10-16(20)21)11-2-6-13(18)7-3-11/h2-9,15H,10H2,1H3,(H,19,22)(H,20,21). The van der Waals surface area contributed by atoms with Gasteiger partial charge in [0.1, 0.15) is 0 Å². The molecule has 0 bridgehead atoms. The van der Waals surface area contributed by atoms with E-state index in [2.05, 4.69) is 5.32 Å². The van der Waals surface area contributed by atoms with Crippen molar-refractivity contribution < 1.29 is 23.1 Å². The van der Waals surface area contributed by atoms with E-state index in [0.29, 0.717) is 10.6 Å². The van der Waals surface area contributed by atoms with Crippen LogP contribution in [-0.2, 0) is 14.6 Å². The Kier molecular flexibility index (Phi) is 5.81. The molecule has 1 amide bonds. The second-order valence-electron chi connectivity index (χ2n) is 5.47. The van der Waals surface area contributed by atoms with Crippen LogP contribution >= 0.6 is 11.6 Å². The van der Waals surface area contributed by atoms with Crippen LogP contribution in [0.4, 0.5) is 0 Å². The van der Waals surface area contributed by atoms with Crippen molar-refractivity contribution in [1.29, 1.82) is 0 Å². The Morgan fingerprint density at radius 3 is 2.12 bits per heavy atom. The van der Waals surface area contributed by atoms with Crippen molar-refractivity contribution in [3.05, 3.63) is 64.7 Å². The van der Waals surface area contributed by atoms with Crippen molar-refractivity contribution >= 4 is 33.3 Å². The Morgan fingerprint density at radius 1 is 1.08 bits per heavy atom. The third-order valence-electron chi connectivity index (χ3n) is 3.50. The Labute approximate surface area is 150 Å². The van der Waals surface area contributed by atoms with Crippen LogP contribution in [0, 0.1) is 0 Å². The van der Waals surface area contributed by atoms with E-state index in [1.165, 1.54) is 24.3 Å². The van der Waals surface area contributed by atoms with E-state index in [0.717, 1.165) is 6.26 Å². The van der Waals surface area contributed by atoms with Crippen LogP contribution in [-0.4, -0.2) is 31.7 Å². The Hall–Kier alpha value is -2.38. The molecule has 0 spiro atoms. The molecule has 0 aliphatic heterocycles. The first-order valence-corrected chi connectivity index (χ1v) is 9.52. The highest BCUT2D eigenvalue weighted by molar-refractivity contribution is 7.90. The molecule has 1 atom stereocenters. The van der Waals surface area contributed by atoms with Crippen molar-refractivity contribution in [3.63, 3.8) is 0 Å². The van der Waals surface area contributed by atoms with E-state index >= 15 is 0 Å². The minimum atomic E-state index is -3.35. The van der Waals surface area contributed by atoms with E-state index in [-0.39, 0.29) is 16.9 Å². The lowest BCUT2D eigenvalue weighted by Gasteiger charge is -2.17. The van der Waals surface area contributed by atoms with E-state index in [1.807, 2.05) is 0 Å². The van der Waals surface area contributed by atoms with Crippen molar-refractivity contribution in [2.75, 3.05) is 6.26 Å². The highest BCUT2D eigenvalue weighted by Gasteiger charge is 2.19. The van der Waals surface area contributed by atoms with Gasteiger partial charge in [0.15, 0.2) is 9.84 Å². The van der Waals surface area contributed by atoms with Gasteiger partial charge in [0.05, 0.1) is 17.4 Å². The average molecular weight is 382 g/mol. The summed E-state index contributed by atoms with van der Waals surface area (Å²) in [5, 5.41) is 12.2. The Bertz CT molecular complexity index is 876. The third-order valence-corrected chi connectivity index (χ3v) is 4.88. The zero-order chi connectivity index (χ0) is 18.6. The van der Waals surface area contributed by atoms with Crippen molar-refractivity contribution in [2.24, 2.45) is 0 Å². The fraction of sp³-hybridized carbons (Fsp3) is 0.176. The summed E-state index contributed by atoms with van der Waals surface area (Å²) >= 11 is 5.82. The molecule has 0 saturated carbocycles. The van der Waals surface area contributed by atoms with Crippen LogP contribution in [0.2, 0.25) is 5.02 Å². The second-order valence-corrected chi connectivity index (χ2v) is 7.92. The molecule has 0 saturated heterocycles. The highest BCUT2D eigenvalue weighted by atomic mass is 35.5. The summed E-state index contributed by atoms with van der Waals surface area (Å²) in [4.78, 5) is 23.5. The summed E-state index contributed by atoms with van der Waals surface area (Å²) in [5.41, 5.74) is 0.838. The van der Waals surface area contributed by atoms with Gasteiger partial charge in [-0.15, -0.1) is 0 Å². The number of halogens is 1. The molecule has 132 valence electrons. The van der Waals surface area contributed by atoms with Gasteiger partial charge in [0.2, 0.25) is 0 Å². The number of nitrogens with one attached hydrogen (secondary N) is 1. The molecule has 0 aliphatic rings. The average Bonchev–Trinajstić information content (AvgIpc) is 2.54. The molecule has 2 N–H and O–H groups in total. The third kappa shape index (κ3) is 5.30. The maximum atomic E-state index is 12.4. The maximum Gasteiger partial charge on any atom is 0.305 e. The van der Waals surface area contributed by atoms with Gasteiger partial charge in [-0.2, -0.15) is 0 Å². The molecule has 2 aromatic carbocycles. The number of benzene rings is 2. The topological polar surface area (TPSA) is 101 Å². The summed E-state index contributed by atoms with van der Waals surface area (Å²) in [6.45, 7) is 0. The SMILES string of the molecule is CS(=O)(=O)c1ccc(C(=O)NC(CC(=O)O)c2ccc(Cl)cc2)cc1. The molecular formula is C17H16ClNO5S. The highest BCUT2D eigenvalue weighted by Crippen LogP contribution is 2.20. The number of amides is 1. The molecule has 2 rings (SSSR count). The number of carbonyl (C=O) groups excluding carboxylic acids is 1. The van der Waals surface area contributed by atoms with Gasteiger partial charge in [-0.05, 0) is 42.0 Å². The first-order chi connectivity index (χ1) is 11.7. The first-order valence-electron chi connectivity index (χ1n) is 7.25. The van der Waals surface area contributed by atoms with Crippen LogP contribution in [0.5, 0.6) is 0 Å². The molecule has 0 radical (unpaired) electrons. The fourth-order valence-corrected chi connectivity index (χ4v) is 2.97. The van der Waals surface area contributed by atoms with Gasteiger partial charge in [0, 0.05) is 16.8 Å². The van der Waals surface area contributed by atoms with Gasteiger partial charge in [-0.1, -0.05) is 23.7 Å². The summed E-state index contributed by atoms with van der Waals surface area (Å²) in [6, 6.07) is 11.2. The molecule has 6 nitrogen and oxygen atoms in total. The lowest BCUT2D eigenvalue weighted by atomic mass is 10.0. The molecule has 8 heteroatoms. The van der Waals surface area contributed by atoms with Gasteiger partial charge >= 0.3 is 5.97 Å². The number of carbonyl (C=O) groups is 2. The smallest absolute Gasteiger partial charge is 0.305 e. The number of hydrogen-bond acceptors (Lipinski definition) is 4. The number of sulfone groups is 1. The van der Waals surface area contributed by atoms with Crippen LogP contribution in [0.25, 0.3) is 0 Å². The first kappa shape index (κ1) is 19.0. The fourth-order valence-electron chi connectivity index (χ4n) is 2.22. The normalized spacial score (nSPS) is 12.4. The van der Waals surface area contributed by atoms with E-state index in [1.54, 1.807) is 24.3 Å². The van der Waals surface area contributed by atoms with Gasteiger partial charge < -0.3 is 10.4 Å². The van der Waals surface area contributed by atoms with Crippen molar-refractivity contribution in [2.45, 2.75) is 17.4 Å². The van der Waals surface area contributed by atoms with Crippen molar-refractivity contribution in [1.82, 2.24) is 5.32 Å². The maximum absolute atomic E-state index is 12.4. The van der Waals surface area contributed by atoms with Gasteiger partial charge in [0.25, 0.3) is 5.91 Å². The monoisotopic (exact) mass is 381 g/mol. The number of rotatable bonds is 6. The summed E-state index contributed by atoms with van der Waals surface area (Å²) in [6.07, 6.45) is 0.778. The predicted octanol–water partition coefficient (Wildman–Crippen LogP) is 2.69. The van der Waals surface area contributed by atoms with E-state index in [4.69, 9.17) is 16.7 Å². The number of carboxylic acids is 1. The lowest BCUT2D eigenvalue weighted by molar-refractivity contribution is -0.137. The van der Waals surface area contributed by atoms with Crippen molar-refractivity contribution in [3.8, 4) is 0 Å². The molecule has 0 aromatic heterocycles. The zero-order valence-electron chi connectivity index (χ0n) is 13.3. The minimum absolute atomic E-state index is 0.101. The number of carboxylic acid groups (broad SMARTS) is 1. The van der Waals surface area contributed by atoms with Crippen LogP contribution < -0.4 is 5.32 Å². The lowest BCUT2D eigenvalue weighted by Crippen LogP contribution is -2.30. The molecular weight excluding hydrogens is 366 g/mol. The van der Waals surface area contributed by atoms with Gasteiger partial charge in [-0.25, -0.2) is 8.42 Å². The number of aliphatic carboxylic acids is 1. The summed E-state index contributed by atoms with van der Waals surface area (Å²) < 4.78 is 22.9. The van der Waals surface area contributed by atoms with Gasteiger partial charge in [-0.3, -0.25) is 9.59 Å². The van der Waals surface area contributed by atoms with E-state index in [9.17, 15) is 18.0 Å². The Balaban J connectivity index is 2.21. The zero-order valence-corrected chi connectivity index (χ0v) is 14.8. The molecule has 0 aliphatic carbocycles. The molecule has 0 fully saturated rings. The van der Waals surface area contributed by atoms with E-state index < -0.39 is 27.8 Å². The number of hydrogen-bond donors (Lipinski definition) is 2. The molecule has 0 heterocycles. The quantitative estimate of drug-likeness (QED) is 0.801. The molecule has 25 heavy (non-hydrogen) atoms. The largest absolute Gasteiger partial charge is 0.481 e. The molecule has 2 aromatic rings. The minimum Gasteiger partial charge on any atom is -0.481 e. The predicted molar refractivity (Wildman–Crippen MR) is 93.5 cm³/mol. The Morgan fingerprint density at radius 2 is 1.64 bits per heavy atom. The van der Waals surface area contributed by atoms with Crippen LogP contribution in [0.1, 0.15) is 28.4 Å². The van der Waals surface area contributed by atoms with Crippen LogP contribution in [0.3, 0.4) is 0 Å². The second kappa shape index (κ2) is 7.67. The summed E-state index contributed by atoms with van der Waals surface area (Å²) in [7, 11) is -3.35. The van der Waals surface area contributed by atoms with Crippen LogP contribution in [0.15, 0.2) is 53.4 Å².